The van der Waals surface area contributed by atoms with E-state index in [9.17, 15) is 18.0 Å². The van der Waals surface area contributed by atoms with Crippen molar-refractivity contribution in [2.24, 2.45) is 0 Å². The van der Waals surface area contributed by atoms with Crippen molar-refractivity contribution in [1.29, 1.82) is 0 Å². The fourth-order valence-electron chi connectivity index (χ4n) is 2.55. The lowest BCUT2D eigenvalue weighted by Gasteiger charge is -2.13. The van der Waals surface area contributed by atoms with Crippen LogP contribution in [0, 0.1) is 0 Å². The standard InChI is InChI=1S/C19H17F3N4O2/c20-19(21,22)13-28-18-16(7-3-8-23-18)17(27)24-11-14-5-1-2-6-15(14)12-26-10-4-9-25-26/h1-10H,11-13H2,(H,24,27). The molecule has 3 aromatic rings. The van der Waals surface area contributed by atoms with Gasteiger partial charge in [0.15, 0.2) is 6.61 Å². The molecule has 9 heteroatoms. The average molecular weight is 390 g/mol. The Morgan fingerprint density at radius 2 is 1.86 bits per heavy atom. The third-order valence-electron chi connectivity index (χ3n) is 3.84. The summed E-state index contributed by atoms with van der Waals surface area (Å²) in [6.45, 7) is -0.785. The molecule has 2 aromatic heterocycles. The van der Waals surface area contributed by atoms with Crippen LogP contribution in [0.4, 0.5) is 13.2 Å². The maximum absolute atomic E-state index is 12.5. The van der Waals surface area contributed by atoms with Crippen LogP contribution in [0.1, 0.15) is 21.5 Å². The van der Waals surface area contributed by atoms with E-state index in [4.69, 9.17) is 0 Å². The molecule has 1 amide bonds. The van der Waals surface area contributed by atoms with E-state index in [1.165, 1.54) is 18.3 Å². The van der Waals surface area contributed by atoms with E-state index in [2.05, 4.69) is 20.1 Å². The number of pyridine rings is 1. The van der Waals surface area contributed by atoms with E-state index in [0.29, 0.717) is 6.54 Å². The molecule has 1 aromatic carbocycles. The predicted octanol–water partition coefficient (Wildman–Crippen LogP) is 3.20. The minimum Gasteiger partial charge on any atom is -0.467 e. The van der Waals surface area contributed by atoms with Gasteiger partial charge < -0.3 is 10.1 Å². The van der Waals surface area contributed by atoms with Crippen LogP contribution in [0.2, 0.25) is 0 Å². The van der Waals surface area contributed by atoms with Gasteiger partial charge in [-0.25, -0.2) is 4.98 Å². The number of hydrogen-bond acceptors (Lipinski definition) is 4. The number of carbonyl (C=O) groups is 1. The molecular weight excluding hydrogens is 373 g/mol. The minimum absolute atomic E-state index is 0.0590. The lowest BCUT2D eigenvalue weighted by molar-refractivity contribution is -0.154. The van der Waals surface area contributed by atoms with Gasteiger partial charge in [-0.3, -0.25) is 9.48 Å². The number of nitrogens with zero attached hydrogens (tertiary/aromatic N) is 3. The van der Waals surface area contributed by atoms with Crippen molar-refractivity contribution in [2.75, 3.05) is 6.61 Å². The molecule has 146 valence electrons. The van der Waals surface area contributed by atoms with Crippen molar-refractivity contribution in [3.05, 3.63) is 77.7 Å². The van der Waals surface area contributed by atoms with Gasteiger partial charge in [0.05, 0.1) is 6.54 Å². The third kappa shape index (κ3) is 5.32. The fourth-order valence-corrected chi connectivity index (χ4v) is 2.55. The predicted molar refractivity (Wildman–Crippen MR) is 94.7 cm³/mol. The molecule has 0 spiro atoms. The Kier molecular flexibility index (Phi) is 5.93. The summed E-state index contributed by atoms with van der Waals surface area (Å²) < 4.78 is 43.6. The molecule has 0 fully saturated rings. The number of alkyl halides is 3. The quantitative estimate of drug-likeness (QED) is 0.673. The van der Waals surface area contributed by atoms with Crippen molar-refractivity contribution < 1.29 is 22.7 Å². The van der Waals surface area contributed by atoms with Crippen molar-refractivity contribution in [3.8, 4) is 5.88 Å². The Morgan fingerprint density at radius 3 is 2.57 bits per heavy atom. The first kappa shape index (κ1) is 19.4. The molecular formula is C19H17F3N4O2. The highest BCUT2D eigenvalue weighted by atomic mass is 19.4. The number of carbonyl (C=O) groups excluding carboxylic acids is 1. The summed E-state index contributed by atoms with van der Waals surface area (Å²) in [5, 5.41) is 6.86. The van der Waals surface area contributed by atoms with Crippen LogP contribution in [-0.4, -0.2) is 33.5 Å². The number of halogens is 3. The highest BCUT2D eigenvalue weighted by Crippen LogP contribution is 2.20. The molecule has 0 saturated heterocycles. The van der Waals surface area contributed by atoms with Gasteiger partial charge in [-0.15, -0.1) is 0 Å². The van der Waals surface area contributed by atoms with Crippen LogP contribution < -0.4 is 10.1 Å². The molecule has 0 saturated carbocycles. The van der Waals surface area contributed by atoms with E-state index < -0.39 is 18.7 Å². The molecule has 28 heavy (non-hydrogen) atoms. The second-order valence-electron chi connectivity index (χ2n) is 5.91. The molecule has 2 heterocycles. The minimum atomic E-state index is -4.52. The van der Waals surface area contributed by atoms with Gasteiger partial charge in [-0.1, -0.05) is 24.3 Å². The van der Waals surface area contributed by atoms with Gasteiger partial charge in [-0.05, 0) is 29.3 Å². The van der Waals surface area contributed by atoms with Crippen molar-refractivity contribution in [3.63, 3.8) is 0 Å². The van der Waals surface area contributed by atoms with Crippen molar-refractivity contribution in [1.82, 2.24) is 20.1 Å². The van der Waals surface area contributed by atoms with Gasteiger partial charge in [0.25, 0.3) is 5.91 Å². The number of ether oxygens (including phenoxy) is 1. The number of aromatic nitrogens is 3. The normalized spacial score (nSPS) is 11.2. The van der Waals surface area contributed by atoms with Gasteiger partial charge in [0.1, 0.15) is 5.56 Å². The summed E-state index contributed by atoms with van der Waals surface area (Å²) >= 11 is 0. The second-order valence-corrected chi connectivity index (χ2v) is 5.91. The first-order chi connectivity index (χ1) is 13.4. The Balaban J connectivity index is 1.68. The number of hydrogen-bond donors (Lipinski definition) is 1. The van der Waals surface area contributed by atoms with Crippen LogP contribution >= 0.6 is 0 Å². The Labute approximate surface area is 159 Å². The zero-order valence-corrected chi connectivity index (χ0v) is 14.7. The lowest BCUT2D eigenvalue weighted by atomic mass is 10.1. The van der Waals surface area contributed by atoms with Crippen LogP contribution in [0.5, 0.6) is 5.88 Å². The fraction of sp³-hybridized carbons (Fsp3) is 0.211. The highest BCUT2D eigenvalue weighted by Gasteiger charge is 2.29. The Bertz CT molecular complexity index is 927. The van der Waals surface area contributed by atoms with E-state index in [1.54, 1.807) is 10.9 Å². The molecule has 0 aliphatic carbocycles. The first-order valence-electron chi connectivity index (χ1n) is 8.39. The summed E-state index contributed by atoms with van der Waals surface area (Å²) in [4.78, 5) is 16.2. The summed E-state index contributed by atoms with van der Waals surface area (Å²) in [5.41, 5.74) is 1.77. The summed E-state index contributed by atoms with van der Waals surface area (Å²) in [6, 6.07) is 12.2. The van der Waals surface area contributed by atoms with E-state index in [0.717, 1.165) is 11.1 Å². The van der Waals surface area contributed by atoms with Crippen molar-refractivity contribution in [2.45, 2.75) is 19.3 Å². The van der Waals surface area contributed by atoms with Gasteiger partial charge >= 0.3 is 6.18 Å². The number of nitrogens with one attached hydrogen (secondary N) is 1. The molecule has 0 aliphatic rings. The van der Waals surface area contributed by atoms with Crippen LogP contribution in [-0.2, 0) is 13.1 Å². The summed E-state index contributed by atoms with van der Waals surface area (Å²) in [5.74, 6) is -0.929. The first-order valence-corrected chi connectivity index (χ1v) is 8.39. The van der Waals surface area contributed by atoms with Gasteiger partial charge in [0.2, 0.25) is 5.88 Å². The molecule has 1 N–H and O–H groups in total. The molecule has 0 radical (unpaired) electrons. The molecule has 0 bridgehead atoms. The molecule has 0 unspecified atom stereocenters. The van der Waals surface area contributed by atoms with Gasteiger partial charge in [-0.2, -0.15) is 18.3 Å². The van der Waals surface area contributed by atoms with Crippen LogP contribution in [0.3, 0.4) is 0 Å². The van der Waals surface area contributed by atoms with Gasteiger partial charge in [0, 0.05) is 25.1 Å². The molecule has 3 rings (SSSR count). The van der Waals surface area contributed by atoms with E-state index in [-0.39, 0.29) is 18.0 Å². The molecule has 0 atom stereocenters. The Morgan fingerprint density at radius 1 is 1.07 bits per heavy atom. The zero-order chi connectivity index (χ0) is 20.0. The monoisotopic (exact) mass is 390 g/mol. The number of benzene rings is 1. The van der Waals surface area contributed by atoms with E-state index >= 15 is 0 Å². The summed E-state index contributed by atoms with van der Waals surface area (Å²) in [6.07, 6.45) is 0.253. The van der Waals surface area contributed by atoms with Crippen molar-refractivity contribution >= 4 is 5.91 Å². The van der Waals surface area contributed by atoms with Crippen LogP contribution in [0.25, 0.3) is 0 Å². The molecule has 0 aliphatic heterocycles. The SMILES string of the molecule is O=C(NCc1ccccc1Cn1cccn1)c1cccnc1OCC(F)(F)F. The van der Waals surface area contributed by atoms with E-state index in [1.807, 2.05) is 36.5 Å². The Hall–Kier alpha value is -3.36. The lowest BCUT2D eigenvalue weighted by Crippen LogP contribution is -2.26. The highest BCUT2D eigenvalue weighted by molar-refractivity contribution is 5.96. The second kappa shape index (κ2) is 8.55. The smallest absolute Gasteiger partial charge is 0.422 e. The maximum atomic E-state index is 12.5. The topological polar surface area (TPSA) is 69.0 Å². The maximum Gasteiger partial charge on any atom is 0.422 e. The largest absolute Gasteiger partial charge is 0.467 e. The van der Waals surface area contributed by atoms with Crippen LogP contribution in [0.15, 0.2) is 61.1 Å². The molecule has 6 nitrogen and oxygen atoms in total. The third-order valence-corrected chi connectivity index (χ3v) is 3.84. The number of rotatable bonds is 7. The zero-order valence-electron chi connectivity index (χ0n) is 14.7. The summed E-state index contributed by atoms with van der Waals surface area (Å²) in [7, 11) is 0. The number of amides is 1. The average Bonchev–Trinajstić information content (AvgIpc) is 3.18.